The Kier molecular flexibility index (Phi) is 3.23. The molecule has 2 heterocycles. The third-order valence-electron chi connectivity index (χ3n) is 4.04. The normalized spacial score (nSPS) is 25.5. The number of Topliss-reactive ketones (excluding diaryl/α,β-unsaturated/α-hetero) is 1. The van der Waals surface area contributed by atoms with Crippen LogP contribution in [-0.2, 0) is 16.1 Å². The van der Waals surface area contributed by atoms with Gasteiger partial charge in [0.25, 0.3) is 0 Å². The smallest absolute Gasteiger partial charge is 0.410 e. The number of benzene rings is 1. The maximum absolute atomic E-state index is 12.1. The van der Waals surface area contributed by atoms with Gasteiger partial charge in [0, 0.05) is 24.9 Å². The van der Waals surface area contributed by atoms with Crippen LogP contribution in [-0.4, -0.2) is 29.4 Å². The molecule has 2 bridgehead atoms. The van der Waals surface area contributed by atoms with Crippen LogP contribution >= 0.6 is 0 Å². The molecular formula is C15H17NO3. The van der Waals surface area contributed by atoms with Gasteiger partial charge in [-0.1, -0.05) is 30.3 Å². The molecule has 0 radical (unpaired) electrons. The van der Waals surface area contributed by atoms with E-state index in [1.807, 2.05) is 30.3 Å². The number of amides is 1. The lowest BCUT2D eigenvalue weighted by Crippen LogP contribution is -2.54. The SMILES string of the molecule is O=C1C[C@H]2CC[C@@H]1CN2C(=O)OCc1ccccc1. The van der Waals surface area contributed by atoms with Crippen molar-refractivity contribution in [3.63, 3.8) is 0 Å². The average Bonchev–Trinajstić information content (AvgIpc) is 2.46. The molecule has 4 heteroatoms. The van der Waals surface area contributed by atoms with Crippen molar-refractivity contribution < 1.29 is 14.3 Å². The second kappa shape index (κ2) is 5.03. The fourth-order valence-electron chi connectivity index (χ4n) is 2.93. The Labute approximate surface area is 112 Å². The Morgan fingerprint density at radius 1 is 1.26 bits per heavy atom. The summed E-state index contributed by atoms with van der Waals surface area (Å²) < 4.78 is 5.33. The lowest BCUT2D eigenvalue weighted by Gasteiger charge is -2.43. The first kappa shape index (κ1) is 12.2. The van der Waals surface area contributed by atoms with Gasteiger partial charge in [-0.05, 0) is 18.4 Å². The number of ether oxygens (including phenoxy) is 1. The number of ketones is 1. The molecule has 19 heavy (non-hydrogen) atoms. The van der Waals surface area contributed by atoms with Crippen LogP contribution in [0.3, 0.4) is 0 Å². The van der Waals surface area contributed by atoms with E-state index < -0.39 is 0 Å². The number of piperidine rings is 2. The Hall–Kier alpha value is -1.84. The van der Waals surface area contributed by atoms with Gasteiger partial charge < -0.3 is 9.64 Å². The van der Waals surface area contributed by atoms with E-state index in [1.165, 1.54) is 0 Å². The lowest BCUT2D eigenvalue weighted by molar-refractivity contribution is -0.131. The van der Waals surface area contributed by atoms with E-state index in [2.05, 4.69) is 0 Å². The molecule has 2 aliphatic heterocycles. The van der Waals surface area contributed by atoms with Crippen LogP contribution in [0, 0.1) is 5.92 Å². The number of hydrogen-bond acceptors (Lipinski definition) is 3. The lowest BCUT2D eigenvalue weighted by atomic mass is 9.79. The molecule has 4 rings (SSSR count). The van der Waals surface area contributed by atoms with Gasteiger partial charge in [-0.25, -0.2) is 4.79 Å². The zero-order valence-electron chi connectivity index (χ0n) is 10.7. The van der Waals surface area contributed by atoms with Crippen LogP contribution in [0.2, 0.25) is 0 Å². The Balaban J connectivity index is 1.58. The first-order chi connectivity index (χ1) is 9.24. The van der Waals surface area contributed by atoms with E-state index in [9.17, 15) is 9.59 Å². The molecule has 3 fully saturated rings. The maximum atomic E-state index is 12.1. The molecule has 0 spiro atoms. The summed E-state index contributed by atoms with van der Waals surface area (Å²) in [6.07, 6.45) is 2.07. The predicted molar refractivity (Wildman–Crippen MR) is 69.5 cm³/mol. The fraction of sp³-hybridized carbons (Fsp3) is 0.467. The predicted octanol–water partition coefficient (Wildman–Crippen LogP) is 2.38. The van der Waals surface area contributed by atoms with E-state index >= 15 is 0 Å². The topological polar surface area (TPSA) is 46.6 Å². The molecule has 1 aromatic carbocycles. The molecular weight excluding hydrogens is 242 g/mol. The highest BCUT2D eigenvalue weighted by atomic mass is 16.6. The molecule has 4 nitrogen and oxygen atoms in total. The summed E-state index contributed by atoms with van der Waals surface area (Å²) in [5.41, 5.74) is 0.981. The highest BCUT2D eigenvalue weighted by Gasteiger charge is 2.42. The first-order valence-electron chi connectivity index (χ1n) is 6.74. The molecule has 100 valence electrons. The summed E-state index contributed by atoms with van der Waals surface area (Å²) in [7, 11) is 0. The van der Waals surface area contributed by atoms with E-state index in [0.717, 1.165) is 18.4 Å². The second-order valence-electron chi connectivity index (χ2n) is 5.29. The minimum absolute atomic E-state index is 0.0364. The number of nitrogens with zero attached hydrogens (tertiary/aromatic N) is 1. The fourth-order valence-corrected chi connectivity index (χ4v) is 2.93. The Morgan fingerprint density at radius 2 is 2.05 bits per heavy atom. The van der Waals surface area contributed by atoms with Gasteiger partial charge in [0.1, 0.15) is 12.4 Å². The molecule has 2 saturated heterocycles. The average molecular weight is 259 g/mol. The van der Waals surface area contributed by atoms with Gasteiger partial charge >= 0.3 is 6.09 Å². The van der Waals surface area contributed by atoms with Gasteiger partial charge in [-0.3, -0.25) is 4.79 Å². The maximum Gasteiger partial charge on any atom is 0.410 e. The molecule has 2 atom stereocenters. The van der Waals surface area contributed by atoms with Gasteiger partial charge in [0.15, 0.2) is 0 Å². The van der Waals surface area contributed by atoms with Gasteiger partial charge in [-0.15, -0.1) is 0 Å². The number of rotatable bonds is 2. The molecule has 1 aliphatic carbocycles. The molecule has 0 N–H and O–H groups in total. The third-order valence-corrected chi connectivity index (χ3v) is 4.04. The number of hydrogen-bond donors (Lipinski definition) is 0. The largest absolute Gasteiger partial charge is 0.445 e. The zero-order chi connectivity index (χ0) is 13.2. The van der Waals surface area contributed by atoms with Gasteiger partial charge in [-0.2, -0.15) is 0 Å². The highest BCUT2D eigenvalue weighted by molar-refractivity contribution is 5.85. The molecule has 1 aromatic rings. The van der Waals surface area contributed by atoms with Crippen molar-refractivity contribution in [2.45, 2.75) is 31.9 Å². The van der Waals surface area contributed by atoms with Crippen molar-refractivity contribution in [1.29, 1.82) is 0 Å². The van der Waals surface area contributed by atoms with E-state index in [-0.39, 0.29) is 18.1 Å². The van der Waals surface area contributed by atoms with Crippen LogP contribution < -0.4 is 0 Å². The van der Waals surface area contributed by atoms with Crippen molar-refractivity contribution in [2.75, 3.05) is 6.54 Å². The highest BCUT2D eigenvalue weighted by Crippen LogP contribution is 2.32. The summed E-state index contributed by atoms with van der Waals surface area (Å²) >= 11 is 0. The van der Waals surface area contributed by atoms with Crippen molar-refractivity contribution in [3.8, 4) is 0 Å². The van der Waals surface area contributed by atoms with Crippen LogP contribution in [0.25, 0.3) is 0 Å². The summed E-state index contributed by atoms with van der Waals surface area (Å²) in [5.74, 6) is 0.345. The molecule has 1 amide bonds. The minimum Gasteiger partial charge on any atom is -0.445 e. The Morgan fingerprint density at radius 3 is 2.68 bits per heavy atom. The van der Waals surface area contributed by atoms with Crippen LogP contribution in [0.4, 0.5) is 4.79 Å². The number of carbonyl (C=O) groups excluding carboxylic acids is 2. The summed E-state index contributed by atoms with van der Waals surface area (Å²) in [6, 6.07) is 9.69. The number of fused-ring (bicyclic) bond motifs is 3. The number of carbonyl (C=O) groups is 2. The minimum atomic E-state index is -0.286. The van der Waals surface area contributed by atoms with Crippen LogP contribution in [0.1, 0.15) is 24.8 Å². The molecule has 0 aromatic heterocycles. The van der Waals surface area contributed by atoms with Crippen LogP contribution in [0.15, 0.2) is 30.3 Å². The molecule has 3 aliphatic rings. The quantitative estimate of drug-likeness (QED) is 0.819. The second-order valence-corrected chi connectivity index (χ2v) is 5.29. The standard InChI is InChI=1S/C15H17NO3/c17-14-8-13-7-6-12(14)9-16(13)15(18)19-10-11-4-2-1-3-5-11/h1-5,12-13H,6-10H2/t12-,13-/m1/s1. The summed E-state index contributed by atoms with van der Waals surface area (Å²) in [6.45, 7) is 0.832. The molecule has 1 saturated carbocycles. The van der Waals surface area contributed by atoms with E-state index in [1.54, 1.807) is 4.90 Å². The van der Waals surface area contributed by atoms with Crippen molar-refractivity contribution >= 4 is 11.9 Å². The molecule has 0 unspecified atom stereocenters. The van der Waals surface area contributed by atoms with Crippen molar-refractivity contribution in [3.05, 3.63) is 35.9 Å². The van der Waals surface area contributed by atoms with Gasteiger partial charge in [0.2, 0.25) is 0 Å². The Bertz CT molecular complexity index is 485. The van der Waals surface area contributed by atoms with Crippen LogP contribution in [0.5, 0.6) is 0 Å². The van der Waals surface area contributed by atoms with Crippen molar-refractivity contribution in [1.82, 2.24) is 4.90 Å². The monoisotopic (exact) mass is 259 g/mol. The van der Waals surface area contributed by atoms with E-state index in [0.29, 0.717) is 25.4 Å². The third kappa shape index (κ3) is 2.48. The van der Waals surface area contributed by atoms with E-state index in [4.69, 9.17) is 4.74 Å². The zero-order valence-corrected chi connectivity index (χ0v) is 10.7. The first-order valence-corrected chi connectivity index (χ1v) is 6.74. The summed E-state index contributed by atoms with van der Waals surface area (Å²) in [4.78, 5) is 25.4. The van der Waals surface area contributed by atoms with Gasteiger partial charge in [0.05, 0.1) is 0 Å². The van der Waals surface area contributed by atoms with Crippen molar-refractivity contribution in [2.24, 2.45) is 5.92 Å². The summed E-state index contributed by atoms with van der Waals surface area (Å²) in [5, 5.41) is 0.